The quantitative estimate of drug-likeness (QED) is 0.634. The fourth-order valence-corrected chi connectivity index (χ4v) is 1.95. The van der Waals surface area contributed by atoms with E-state index in [4.69, 9.17) is 0 Å². The molecule has 0 saturated carbocycles. The van der Waals surface area contributed by atoms with Gasteiger partial charge in [0.2, 0.25) is 0 Å². The molecule has 1 saturated heterocycles. The summed E-state index contributed by atoms with van der Waals surface area (Å²) in [5.41, 5.74) is 0.231. The average Bonchev–Trinajstić information content (AvgIpc) is 2.07. The Morgan fingerprint density at radius 3 is 2.83 bits per heavy atom. The van der Waals surface area contributed by atoms with Crippen molar-refractivity contribution in [2.45, 2.75) is 38.1 Å². The lowest BCUT2D eigenvalue weighted by molar-refractivity contribution is 0.317. The minimum Gasteiger partial charge on any atom is -0.308 e. The Hall–Kier alpha value is -0.560. The van der Waals surface area contributed by atoms with E-state index in [1.165, 1.54) is 19.3 Å². The van der Waals surface area contributed by atoms with E-state index in [1.54, 1.807) is 0 Å². The van der Waals surface area contributed by atoms with Crippen LogP contribution in [-0.2, 0) is 0 Å². The highest BCUT2D eigenvalue weighted by Gasteiger charge is 2.26. The van der Waals surface area contributed by atoms with Gasteiger partial charge in [-0.15, -0.1) is 6.58 Å². The zero-order chi connectivity index (χ0) is 8.86. The largest absolute Gasteiger partial charge is 0.308 e. The summed E-state index contributed by atoms with van der Waals surface area (Å²) in [6.45, 7) is 7.04. The Balaban J connectivity index is 2.62. The van der Waals surface area contributed by atoms with E-state index in [-0.39, 0.29) is 5.54 Å². The molecule has 68 valence electrons. The van der Waals surface area contributed by atoms with Crippen LogP contribution in [0.4, 0.5) is 0 Å². The molecule has 1 heterocycles. The molecular weight excluding hydrogens is 146 g/mol. The summed E-state index contributed by atoms with van der Waals surface area (Å²) in [5, 5.41) is 3.58. The first kappa shape index (κ1) is 9.53. The number of piperidine rings is 1. The molecule has 1 atom stereocenters. The number of nitrogens with one attached hydrogen (secondary N) is 1. The highest BCUT2D eigenvalue weighted by Crippen LogP contribution is 2.24. The molecule has 1 rings (SSSR count). The molecular formula is C11H19N. The van der Waals surface area contributed by atoms with E-state index in [9.17, 15) is 0 Å². The predicted octanol–water partition coefficient (Wildman–Crippen LogP) is 2.65. The van der Waals surface area contributed by atoms with Crippen LogP contribution in [0.1, 0.15) is 32.6 Å². The molecule has 0 aromatic carbocycles. The summed E-state index contributed by atoms with van der Waals surface area (Å²) in [7, 11) is 0. The number of hydrogen-bond acceptors (Lipinski definition) is 1. The standard InChI is InChI=1S/C11H19N/c1-3-7-11(8-4-2)9-5-6-10-12-11/h3-4,8,12H,1,5-7,9-10H2,2H3/b8-4-. The van der Waals surface area contributed by atoms with Crippen LogP contribution in [-0.4, -0.2) is 12.1 Å². The van der Waals surface area contributed by atoms with Crippen LogP contribution >= 0.6 is 0 Å². The summed E-state index contributed by atoms with van der Waals surface area (Å²) in [5.74, 6) is 0. The van der Waals surface area contributed by atoms with E-state index < -0.39 is 0 Å². The Kier molecular flexibility index (Phi) is 3.54. The van der Waals surface area contributed by atoms with Crippen molar-refractivity contribution >= 4 is 0 Å². The van der Waals surface area contributed by atoms with Crippen LogP contribution < -0.4 is 5.32 Å². The van der Waals surface area contributed by atoms with Crippen molar-refractivity contribution in [1.29, 1.82) is 0 Å². The molecule has 0 radical (unpaired) electrons. The molecule has 0 aromatic rings. The van der Waals surface area contributed by atoms with Gasteiger partial charge >= 0.3 is 0 Å². The molecule has 1 fully saturated rings. The lowest BCUT2D eigenvalue weighted by Gasteiger charge is -2.35. The zero-order valence-corrected chi connectivity index (χ0v) is 7.97. The van der Waals surface area contributed by atoms with Crippen LogP contribution in [0.15, 0.2) is 24.8 Å². The highest BCUT2D eigenvalue weighted by atomic mass is 15.0. The fourth-order valence-electron chi connectivity index (χ4n) is 1.95. The van der Waals surface area contributed by atoms with Crippen molar-refractivity contribution < 1.29 is 0 Å². The van der Waals surface area contributed by atoms with Gasteiger partial charge in [-0.25, -0.2) is 0 Å². The fraction of sp³-hybridized carbons (Fsp3) is 0.636. The Morgan fingerprint density at radius 2 is 2.33 bits per heavy atom. The lowest BCUT2D eigenvalue weighted by atomic mass is 9.85. The van der Waals surface area contributed by atoms with E-state index in [1.807, 2.05) is 6.08 Å². The maximum Gasteiger partial charge on any atom is 0.0398 e. The van der Waals surface area contributed by atoms with Crippen LogP contribution in [0.25, 0.3) is 0 Å². The van der Waals surface area contributed by atoms with Gasteiger partial charge in [-0.3, -0.25) is 0 Å². The second kappa shape index (κ2) is 4.46. The van der Waals surface area contributed by atoms with Crippen LogP contribution in [0, 0.1) is 0 Å². The SMILES string of the molecule is C=CCC1(/C=C\C)CCCCN1. The van der Waals surface area contributed by atoms with Crippen molar-refractivity contribution in [3.63, 3.8) is 0 Å². The third-order valence-electron chi connectivity index (χ3n) is 2.52. The monoisotopic (exact) mass is 165 g/mol. The van der Waals surface area contributed by atoms with Crippen molar-refractivity contribution in [3.05, 3.63) is 24.8 Å². The van der Waals surface area contributed by atoms with Gasteiger partial charge in [0, 0.05) is 5.54 Å². The van der Waals surface area contributed by atoms with Gasteiger partial charge < -0.3 is 5.32 Å². The third-order valence-corrected chi connectivity index (χ3v) is 2.52. The molecule has 1 nitrogen and oxygen atoms in total. The summed E-state index contributed by atoms with van der Waals surface area (Å²) in [6.07, 6.45) is 11.4. The summed E-state index contributed by atoms with van der Waals surface area (Å²) in [6, 6.07) is 0. The molecule has 12 heavy (non-hydrogen) atoms. The van der Waals surface area contributed by atoms with Gasteiger partial charge in [0.25, 0.3) is 0 Å². The van der Waals surface area contributed by atoms with Gasteiger partial charge in [-0.1, -0.05) is 24.6 Å². The minimum atomic E-state index is 0.231. The van der Waals surface area contributed by atoms with Gasteiger partial charge in [-0.05, 0) is 32.7 Å². The molecule has 0 bridgehead atoms. The van der Waals surface area contributed by atoms with E-state index in [0.717, 1.165) is 13.0 Å². The first-order chi connectivity index (χ1) is 5.83. The average molecular weight is 165 g/mol. The van der Waals surface area contributed by atoms with Crippen LogP contribution in [0.2, 0.25) is 0 Å². The predicted molar refractivity (Wildman–Crippen MR) is 54.2 cm³/mol. The summed E-state index contributed by atoms with van der Waals surface area (Å²) >= 11 is 0. The van der Waals surface area contributed by atoms with Crippen molar-refractivity contribution in [2.75, 3.05) is 6.54 Å². The molecule has 0 amide bonds. The summed E-state index contributed by atoms with van der Waals surface area (Å²) < 4.78 is 0. The van der Waals surface area contributed by atoms with Crippen molar-refractivity contribution in [2.24, 2.45) is 0 Å². The van der Waals surface area contributed by atoms with E-state index in [0.29, 0.717) is 0 Å². The second-order valence-electron chi connectivity index (χ2n) is 3.53. The molecule has 0 aliphatic carbocycles. The minimum absolute atomic E-state index is 0.231. The Bertz CT molecular complexity index is 164. The molecule has 1 heteroatoms. The highest BCUT2D eigenvalue weighted by molar-refractivity contribution is 5.09. The third kappa shape index (κ3) is 2.21. The van der Waals surface area contributed by atoms with Crippen molar-refractivity contribution in [3.8, 4) is 0 Å². The van der Waals surface area contributed by atoms with Gasteiger partial charge in [0.15, 0.2) is 0 Å². The Morgan fingerprint density at radius 1 is 1.50 bits per heavy atom. The lowest BCUT2D eigenvalue weighted by Crippen LogP contribution is -2.46. The Labute approximate surface area is 75.6 Å². The molecule has 1 aliphatic rings. The van der Waals surface area contributed by atoms with Crippen molar-refractivity contribution in [1.82, 2.24) is 5.32 Å². The second-order valence-corrected chi connectivity index (χ2v) is 3.53. The first-order valence-electron chi connectivity index (χ1n) is 4.83. The molecule has 0 spiro atoms. The smallest absolute Gasteiger partial charge is 0.0398 e. The first-order valence-corrected chi connectivity index (χ1v) is 4.83. The maximum atomic E-state index is 3.81. The normalized spacial score (nSPS) is 30.8. The molecule has 1 unspecified atom stereocenters. The van der Waals surface area contributed by atoms with Crippen LogP contribution in [0.3, 0.4) is 0 Å². The molecule has 0 aromatic heterocycles. The number of allylic oxidation sites excluding steroid dienone is 1. The van der Waals surface area contributed by atoms with Gasteiger partial charge in [0.05, 0.1) is 0 Å². The molecule has 1 aliphatic heterocycles. The number of rotatable bonds is 3. The van der Waals surface area contributed by atoms with E-state index >= 15 is 0 Å². The summed E-state index contributed by atoms with van der Waals surface area (Å²) in [4.78, 5) is 0. The van der Waals surface area contributed by atoms with E-state index in [2.05, 4.69) is 31.0 Å². The molecule has 1 N–H and O–H groups in total. The topological polar surface area (TPSA) is 12.0 Å². The van der Waals surface area contributed by atoms with Gasteiger partial charge in [0.1, 0.15) is 0 Å². The maximum absolute atomic E-state index is 3.81. The zero-order valence-electron chi connectivity index (χ0n) is 7.97. The number of hydrogen-bond donors (Lipinski definition) is 1. The van der Waals surface area contributed by atoms with Crippen LogP contribution in [0.5, 0.6) is 0 Å². The van der Waals surface area contributed by atoms with Gasteiger partial charge in [-0.2, -0.15) is 0 Å².